The summed E-state index contributed by atoms with van der Waals surface area (Å²) in [6.07, 6.45) is 5.54. The fraction of sp³-hybridized carbons (Fsp3) is 0.333. The van der Waals surface area contributed by atoms with E-state index in [0.29, 0.717) is 18.6 Å². The number of hydrogen-bond acceptors (Lipinski definition) is 6. The lowest BCUT2D eigenvalue weighted by molar-refractivity contribution is 0.240. The van der Waals surface area contributed by atoms with E-state index in [2.05, 4.69) is 44.7 Å². The number of urea groups is 1. The second-order valence-corrected chi connectivity index (χ2v) is 8.41. The molecule has 29 heavy (non-hydrogen) atoms. The van der Waals surface area contributed by atoms with Gasteiger partial charge in [0.15, 0.2) is 5.13 Å². The van der Waals surface area contributed by atoms with Gasteiger partial charge in [0, 0.05) is 30.4 Å². The van der Waals surface area contributed by atoms with Gasteiger partial charge in [0.25, 0.3) is 0 Å². The van der Waals surface area contributed by atoms with Crippen LogP contribution in [0, 0.1) is 0 Å². The van der Waals surface area contributed by atoms with Gasteiger partial charge in [-0.2, -0.15) is 0 Å². The molecule has 4 rings (SSSR count). The summed E-state index contributed by atoms with van der Waals surface area (Å²) in [4.78, 5) is 26.3. The van der Waals surface area contributed by atoms with Gasteiger partial charge in [0.2, 0.25) is 0 Å². The van der Waals surface area contributed by atoms with Gasteiger partial charge in [-0.05, 0) is 38.3 Å². The number of rotatable bonds is 7. The first kappa shape index (κ1) is 19.3. The molecule has 1 aliphatic rings. The van der Waals surface area contributed by atoms with E-state index >= 15 is 0 Å². The zero-order chi connectivity index (χ0) is 20.2. The fourth-order valence-corrected chi connectivity index (χ4v) is 3.84. The van der Waals surface area contributed by atoms with Crippen LogP contribution in [-0.4, -0.2) is 33.1 Å². The van der Waals surface area contributed by atoms with Gasteiger partial charge in [-0.25, -0.2) is 19.7 Å². The molecule has 8 heteroatoms. The molecule has 0 bridgehead atoms. The summed E-state index contributed by atoms with van der Waals surface area (Å²) >= 11 is 1.57. The molecule has 3 aromatic rings. The number of hydrogen-bond donors (Lipinski definition) is 3. The van der Waals surface area contributed by atoms with Gasteiger partial charge in [0.1, 0.15) is 6.33 Å². The lowest BCUT2D eigenvalue weighted by atomic mass is 10.0. The van der Waals surface area contributed by atoms with Gasteiger partial charge >= 0.3 is 6.03 Å². The molecule has 1 saturated carbocycles. The van der Waals surface area contributed by atoms with E-state index in [1.807, 2.05) is 36.5 Å². The topological polar surface area (TPSA) is 91.8 Å². The molecule has 1 aromatic carbocycles. The molecular weight excluding hydrogens is 384 g/mol. The van der Waals surface area contributed by atoms with Gasteiger partial charge < -0.3 is 16.0 Å². The molecule has 0 saturated heterocycles. The number of carbonyl (C=O) groups is 1. The average Bonchev–Trinajstić information content (AvgIpc) is 3.41. The van der Waals surface area contributed by atoms with E-state index in [4.69, 9.17) is 0 Å². The third-order valence-corrected chi connectivity index (χ3v) is 5.43. The lowest BCUT2D eigenvalue weighted by Crippen LogP contribution is -2.36. The molecule has 0 spiro atoms. The highest BCUT2D eigenvalue weighted by molar-refractivity contribution is 7.18. The molecule has 0 radical (unpaired) electrons. The zero-order valence-corrected chi connectivity index (χ0v) is 17.3. The third-order valence-electron chi connectivity index (χ3n) is 4.48. The van der Waals surface area contributed by atoms with E-state index in [-0.39, 0.29) is 6.03 Å². The average molecular weight is 409 g/mol. The van der Waals surface area contributed by atoms with Gasteiger partial charge in [-0.3, -0.25) is 0 Å². The first-order chi connectivity index (χ1) is 14.1. The molecule has 0 atom stereocenters. The van der Waals surface area contributed by atoms with Crippen molar-refractivity contribution in [1.82, 2.24) is 25.6 Å². The number of nitrogens with zero attached hydrogens (tertiary/aromatic N) is 3. The summed E-state index contributed by atoms with van der Waals surface area (Å²) in [5.74, 6) is 0. The first-order valence-electron chi connectivity index (χ1n) is 9.76. The molecular formula is C21H24N6OS. The molecule has 0 aliphatic heterocycles. The summed E-state index contributed by atoms with van der Waals surface area (Å²) in [7, 11) is 0. The maximum absolute atomic E-state index is 12.0. The van der Waals surface area contributed by atoms with Gasteiger partial charge in [-0.1, -0.05) is 35.6 Å². The van der Waals surface area contributed by atoms with Gasteiger partial charge in [-0.15, -0.1) is 0 Å². The minimum absolute atomic E-state index is 0.125. The molecule has 3 N–H and O–H groups in total. The Morgan fingerprint density at radius 3 is 2.76 bits per heavy atom. The van der Waals surface area contributed by atoms with Crippen molar-refractivity contribution in [3.63, 3.8) is 0 Å². The van der Waals surface area contributed by atoms with Crippen molar-refractivity contribution in [2.75, 3.05) is 5.32 Å². The summed E-state index contributed by atoms with van der Waals surface area (Å²) in [5, 5.41) is 10.1. The van der Waals surface area contributed by atoms with Crippen LogP contribution in [0.15, 0.2) is 42.9 Å². The molecule has 2 amide bonds. The Bertz CT molecular complexity index is 998. The molecule has 2 heterocycles. The third kappa shape index (κ3) is 5.08. The number of benzene rings is 1. The van der Waals surface area contributed by atoms with Crippen molar-refractivity contribution >= 4 is 22.5 Å². The van der Waals surface area contributed by atoms with E-state index < -0.39 is 0 Å². The molecule has 1 aliphatic carbocycles. The van der Waals surface area contributed by atoms with Crippen LogP contribution in [0.2, 0.25) is 0 Å². The number of thiazole rings is 1. The van der Waals surface area contributed by atoms with Crippen LogP contribution in [0.25, 0.3) is 21.8 Å². The lowest BCUT2D eigenvalue weighted by Gasteiger charge is -2.11. The Hall–Kier alpha value is -3.00. The van der Waals surface area contributed by atoms with Crippen molar-refractivity contribution in [3.8, 4) is 21.8 Å². The zero-order valence-electron chi connectivity index (χ0n) is 16.5. The van der Waals surface area contributed by atoms with Crippen LogP contribution in [0.3, 0.4) is 0 Å². The molecule has 1 fully saturated rings. The van der Waals surface area contributed by atoms with Crippen LogP contribution < -0.4 is 16.0 Å². The highest BCUT2D eigenvalue weighted by Gasteiger charge is 2.23. The van der Waals surface area contributed by atoms with E-state index in [9.17, 15) is 4.79 Å². The Kier molecular flexibility index (Phi) is 5.71. The molecule has 7 nitrogen and oxygen atoms in total. The predicted octanol–water partition coefficient (Wildman–Crippen LogP) is 4.05. The Morgan fingerprint density at radius 1 is 1.17 bits per heavy atom. The summed E-state index contributed by atoms with van der Waals surface area (Å²) < 4.78 is 0. The maximum atomic E-state index is 12.0. The SMILES string of the molecule is CC(C)Nc1ncc(-c2cc(-c3ccccc3CNC(=O)NC3CC3)ncn2)s1. The Morgan fingerprint density at radius 2 is 1.97 bits per heavy atom. The Balaban J connectivity index is 1.53. The number of nitrogens with one attached hydrogen (secondary N) is 3. The van der Waals surface area contributed by atoms with Crippen molar-refractivity contribution in [3.05, 3.63) is 48.4 Å². The van der Waals surface area contributed by atoms with Crippen LogP contribution in [-0.2, 0) is 6.54 Å². The maximum Gasteiger partial charge on any atom is 0.315 e. The highest BCUT2D eigenvalue weighted by Crippen LogP contribution is 2.30. The minimum Gasteiger partial charge on any atom is -0.359 e. The molecule has 2 aromatic heterocycles. The Labute approximate surface area is 174 Å². The number of carbonyl (C=O) groups excluding carboxylic acids is 1. The predicted molar refractivity (Wildman–Crippen MR) is 116 cm³/mol. The summed E-state index contributed by atoms with van der Waals surface area (Å²) in [5.41, 5.74) is 3.64. The van der Waals surface area contributed by atoms with Crippen LogP contribution in [0.4, 0.5) is 9.93 Å². The van der Waals surface area contributed by atoms with Crippen molar-refractivity contribution in [1.29, 1.82) is 0 Å². The summed E-state index contributed by atoms with van der Waals surface area (Å²) in [6.45, 7) is 4.61. The van der Waals surface area contributed by atoms with Crippen molar-refractivity contribution in [2.24, 2.45) is 0 Å². The van der Waals surface area contributed by atoms with Crippen molar-refractivity contribution < 1.29 is 4.79 Å². The van der Waals surface area contributed by atoms with E-state index in [1.165, 1.54) is 0 Å². The smallest absolute Gasteiger partial charge is 0.315 e. The monoisotopic (exact) mass is 408 g/mol. The minimum atomic E-state index is -0.125. The largest absolute Gasteiger partial charge is 0.359 e. The normalized spacial score (nSPS) is 13.3. The second kappa shape index (κ2) is 8.57. The van der Waals surface area contributed by atoms with Crippen LogP contribution >= 0.6 is 11.3 Å². The molecule has 0 unspecified atom stereocenters. The van der Waals surface area contributed by atoms with E-state index in [0.717, 1.165) is 45.4 Å². The number of aromatic nitrogens is 3. The number of amides is 2. The van der Waals surface area contributed by atoms with E-state index in [1.54, 1.807) is 17.7 Å². The molecule has 150 valence electrons. The highest BCUT2D eigenvalue weighted by atomic mass is 32.1. The standard InChI is InChI=1S/C21H24N6OS/c1-13(2)26-21-23-11-19(29-21)18-9-17(24-12-25-18)16-6-4-3-5-14(16)10-22-20(28)27-15-7-8-15/h3-6,9,11-13,15H,7-8,10H2,1-2H3,(H,23,26)(H2,22,27,28). The summed E-state index contributed by atoms with van der Waals surface area (Å²) in [6, 6.07) is 10.5. The van der Waals surface area contributed by atoms with Crippen molar-refractivity contribution in [2.45, 2.75) is 45.3 Å². The number of anilines is 1. The van der Waals surface area contributed by atoms with Crippen LogP contribution in [0.1, 0.15) is 32.3 Å². The fourth-order valence-electron chi connectivity index (χ4n) is 2.91. The first-order valence-corrected chi connectivity index (χ1v) is 10.6. The quantitative estimate of drug-likeness (QED) is 0.549. The van der Waals surface area contributed by atoms with Gasteiger partial charge in [0.05, 0.1) is 16.3 Å². The second-order valence-electron chi connectivity index (χ2n) is 7.38. The van der Waals surface area contributed by atoms with Crippen LogP contribution in [0.5, 0.6) is 0 Å².